The number of hydrogen-bond donors (Lipinski definition) is 1. The molecule has 0 spiro atoms. The molecule has 132 valence electrons. The van der Waals surface area contributed by atoms with Gasteiger partial charge >= 0.3 is 0 Å². The monoisotopic (exact) mass is 344 g/mol. The fraction of sp³-hybridized carbons (Fsp3) is 0.182. The summed E-state index contributed by atoms with van der Waals surface area (Å²) < 4.78 is 0. The van der Waals surface area contributed by atoms with Crippen molar-refractivity contribution in [2.24, 2.45) is 0 Å². The molecule has 0 radical (unpaired) electrons. The number of allylic oxidation sites excluding steroid dienone is 2. The fourth-order valence-corrected chi connectivity index (χ4v) is 3.06. The maximum absolute atomic E-state index is 4.89. The molecule has 3 aromatic rings. The van der Waals surface area contributed by atoms with Crippen LogP contribution in [-0.2, 0) is 0 Å². The lowest BCUT2D eigenvalue weighted by Crippen LogP contribution is -2.02. The Bertz CT molecular complexity index is 950. The molecule has 0 bridgehead atoms. The van der Waals surface area contributed by atoms with Crippen molar-refractivity contribution < 1.29 is 0 Å². The van der Waals surface area contributed by atoms with E-state index in [-0.39, 0.29) is 0 Å². The highest BCUT2D eigenvalue weighted by molar-refractivity contribution is 5.78. The standard InChI is InChI=1S/C22H24N4/c1-6-17(14-26(4)5)18-8-7-9-19(11-18)22-15(2)10-21(16(3)25-22)20-12-23-24-13-20/h6-14H,1H2,2-5H3,(H,23,24)/b17-14+. The van der Waals surface area contributed by atoms with E-state index in [0.717, 1.165) is 44.8 Å². The van der Waals surface area contributed by atoms with Gasteiger partial charge in [0, 0.05) is 48.9 Å². The topological polar surface area (TPSA) is 44.8 Å². The van der Waals surface area contributed by atoms with E-state index in [1.54, 1.807) is 0 Å². The molecule has 0 amide bonds. The predicted molar refractivity (Wildman–Crippen MR) is 109 cm³/mol. The summed E-state index contributed by atoms with van der Waals surface area (Å²) >= 11 is 0. The van der Waals surface area contributed by atoms with Crippen LogP contribution in [0.2, 0.25) is 0 Å². The van der Waals surface area contributed by atoms with Crippen molar-refractivity contribution in [1.29, 1.82) is 0 Å². The van der Waals surface area contributed by atoms with Gasteiger partial charge in [0.2, 0.25) is 0 Å². The Morgan fingerprint density at radius 1 is 1.15 bits per heavy atom. The SMILES string of the molecule is C=C/C(=C\N(C)C)c1cccc(-c2nc(C)c(-c3cn[nH]c3)cc2C)c1. The van der Waals surface area contributed by atoms with Gasteiger partial charge in [0.15, 0.2) is 0 Å². The van der Waals surface area contributed by atoms with Crippen molar-refractivity contribution in [3.63, 3.8) is 0 Å². The van der Waals surface area contributed by atoms with Crippen LogP contribution >= 0.6 is 0 Å². The summed E-state index contributed by atoms with van der Waals surface area (Å²) in [6.45, 7) is 8.08. The zero-order chi connectivity index (χ0) is 18.7. The van der Waals surface area contributed by atoms with Crippen molar-refractivity contribution in [3.05, 3.63) is 78.4 Å². The van der Waals surface area contributed by atoms with E-state index in [0.29, 0.717) is 0 Å². The smallest absolute Gasteiger partial charge is 0.0734 e. The molecule has 0 aliphatic carbocycles. The summed E-state index contributed by atoms with van der Waals surface area (Å²) in [5.41, 5.74) is 8.62. The quantitative estimate of drug-likeness (QED) is 0.673. The van der Waals surface area contributed by atoms with Gasteiger partial charge in [0.25, 0.3) is 0 Å². The first-order chi connectivity index (χ1) is 12.5. The molecule has 26 heavy (non-hydrogen) atoms. The predicted octanol–water partition coefficient (Wildman–Crippen LogP) is 4.84. The molecule has 2 aromatic heterocycles. The number of aromatic amines is 1. The van der Waals surface area contributed by atoms with E-state index in [1.807, 2.05) is 44.4 Å². The van der Waals surface area contributed by atoms with Crippen LogP contribution in [0.3, 0.4) is 0 Å². The second kappa shape index (κ2) is 7.40. The maximum Gasteiger partial charge on any atom is 0.0734 e. The molecule has 3 rings (SSSR count). The molecule has 0 saturated carbocycles. The molecule has 4 nitrogen and oxygen atoms in total. The van der Waals surface area contributed by atoms with E-state index in [2.05, 4.69) is 60.2 Å². The first-order valence-corrected chi connectivity index (χ1v) is 8.58. The van der Waals surface area contributed by atoms with Gasteiger partial charge in [-0.2, -0.15) is 5.10 Å². The number of rotatable bonds is 5. The fourth-order valence-electron chi connectivity index (χ4n) is 3.06. The summed E-state index contributed by atoms with van der Waals surface area (Å²) in [7, 11) is 4.02. The zero-order valence-electron chi connectivity index (χ0n) is 15.7. The summed E-state index contributed by atoms with van der Waals surface area (Å²) in [5.74, 6) is 0. The van der Waals surface area contributed by atoms with Crippen molar-refractivity contribution in [3.8, 4) is 22.4 Å². The van der Waals surface area contributed by atoms with E-state index >= 15 is 0 Å². The first kappa shape index (κ1) is 17.7. The van der Waals surface area contributed by atoms with Crippen LogP contribution in [0.5, 0.6) is 0 Å². The lowest BCUT2D eigenvalue weighted by atomic mass is 9.97. The van der Waals surface area contributed by atoms with Crippen molar-refractivity contribution in [2.75, 3.05) is 14.1 Å². The minimum atomic E-state index is 0.991. The van der Waals surface area contributed by atoms with Crippen molar-refractivity contribution in [2.45, 2.75) is 13.8 Å². The molecule has 0 unspecified atom stereocenters. The highest BCUT2D eigenvalue weighted by atomic mass is 15.1. The van der Waals surface area contributed by atoms with Crippen LogP contribution in [0.4, 0.5) is 0 Å². The van der Waals surface area contributed by atoms with Crippen LogP contribution < -0.4 is 0 Å². The molecule has 1 aromatic carbocycles. The van der Waals surface area contributed by atoms with Crippen LogP contribution in [0.15, 0.2) is 61.6 Å². The van der Waals surface area contributed by atoms with Gasteiger partial charge in [-0.3, -0.25) is 10.1 Å². The highest BCUT2D eigenvalue weighted by Crippen LogP contribution is 2.30. The Kier molecular flexibility index (Phi) is 5.03. The van der Waals surface area contributed by atoms with Crippen LogP contribution in [0.25, 0.3) is 28.0 Å². The Hall–Kier alpha value is -3.14. The third-order valence-corrected chi connectivity index (χ3v) is 4.30. The zero-order valence-corrected chi connectivity index (χ0v) is 15.7. The number of nitrogens with zero attached hydrogens (tertiary/aromatic N) is 3. The Morgan fingerprint density at radius 2 is 1.96 bits per heavy atom. The average Bonchev–Trinajstić information content (AvgIpc) is 3.15. The number of H-pyrrole nitrogens is 1. The number of pyridine rings is 1. The highest BCUT2D eigenvalue weighted by Gasteiger charge is 2.11. The molecule has 0 atom stereocenters. The molecular formula is C22H24N4. The third-order valence-electron chi connectivity index (χ3n) is 4.30. The molecule has 1 N–H and O–H groups in total. The normalized spacial score (nSPS) is 11.5. The Morgan fingerprint density at radius 3 is 2.62 bits per heavy atom. The van der Waals surface area contributed by atoms with E-state index < -0.39 is 0 Å². The lowest BCUT2D eigenvalue weighted by Gasteiger charge is -2.13. The van der Waals surface area contributed by atoms with Crippen LogP contribution in [-0.4, -0.2) is 34.2 Å². The van der Waals surface area contributed by atoms with Gasteiger partial charge < -0.3 is 4.90 Å². The largest absolute Gasteiger partial charge is 0.383 e. The van der Waals surface area contributed by atoms with Gasteiger partial charge in [0.05, 0.1) is 11.9 Å². The molecule has 0 aliphatic rings. The average molecular weight is 344 g/mol. The number of benzene rings is 1. The number of aromatic nitrogens is 3. The summed E-state index contributed by atoms with van der Waals surface area (Å²) in [4.78, 5) is 6.91. The molecule has 2 heterocycles. The minimum absolute atomic E-state index is 0.991. The van der Waals surface area contributed by atoms with Gasteiger partial charge in [0.1, 0.15) is 0 Å². The van der Waals surface area contributed by atoms with E-state index in [4.69, 9.17) is 4.98 Å². The van der Waals surface area contributed by atoms with E-state index in [1.165, 1.54) is 0 Å². The molecular weight excluding hydrogens is 320 g/mol. The second-order valence-corrected chi connectivity index (χ2v) is 6.61. The van der Waals surface area contributed by atoms with E-state index in [9.17, 15) is 0 Å². The molecule has 0 fully saturated rings. The van der Waals surface area contributed by atoms with Gasteiger partial charge in [-0.1, -0.05) is 30.9 Å². The summed E-state index contributed by atoms with van der Waals surface area (Å²) in [6.07, 6.45) is 7.67. The van der Waals surface area contributed by atoms with Crippen molar-refractivity contribution in [1.82, 2.24) is 20.1 Å². The summed E-state index contributed by atoms with van der Waals surface area (Å²) in [5, 5.41) is 6.91. The van der Waals surface area contributed by atoms with Crippen LogP contribution in [0.1, 0.15) is 16.8 Å². The Labute approximate surface area is 154 Å². The van der Waals surface area contributed by atoms with Gasteiger partial charge in [-0.15, -0.1) is 0 Å². The minimum Gasteiger partial charge on any atom is -0.383 e. The molecule has 4 heteroatoms. The van der Waals surface area contributed by atoms with Gasteiger partial charge in [-0.25, -0.2) is 0 Å². The van der Waals surface area contributed by atoms with Gasteiger partial charge in [-0.05, 0) is 42.7 Å². The summed E-state index contributed by atoms with van der Waals surface area (Å²) in [6, 6.07) is 10.6. The number of aryl methyl sites for hydroxylation is 2. The van der Waals surface area contributed by atoms with Crippen LogP contribution in [0, 0.1) is 13.8 Å². The maximum atomic E-state index is 4.89. The third kappa shape index (κ3) is 3.59. The molecule has 0 saturated heterocycles. The number of hydrogen-bond acceptors (Lipinski definition) is 3. The first-order valence-electron chi connectivity index (χ1n) is 8.58. The van der Waals surface area contributed by atoms with Crippen molar-refractivity contribution >= 4 is 5.57 Å². The Balaban J connectivity index is 2.06. The lowest BCUT2D eigenvalue weighted by molar-refractivity contribution is 0.566. The molecule has 0 aliphatic heterocycles. The second-order valence-electron chi connectivity index (χ2n) is 6.61. The number of nitrogens with one attached hydrogen (secondary N) is 1.